The van der Waals surface area contributed by atoms with Crippen molar-refractivity contribution in [2.75, 3.05) is 0 Å². The number of carbonyl (C=O) groups excluding carboxylic acids is 3. The number of carbonyl (C=O) groups is 3. The van der Waals surface area contributed by atoms with Crippen LogP contribution in [0.1, 0.15) is 56.2 Å². The lowest BCUT2D eigenvalue weighted by Crippen LogP contribution is -2.57. The lowest BCUT2D eigenvalue weighted by atomic mass is 9.59. The van der Waals surface area contributed by atoms with Crippen molar-refractivity contribution in [3.8, 4) is 5.75 Å². The van der Waals surface area contributed by atoms with E-state index in [1.165, 1.54) is 0 Å². The number of phenols is 1. The summed E-state index contributed by atoms with van der Waals surface area (Å²) in [5, 5.41) is 43.5. The normalized spacial score (nSPS) is 28.4. The Morgan fingerprint density at radius 2 is 1.80 bits per heavy atom. The van der Waals surface area contributed by atoms with E-state index in [1.54, 1.807) is 12.1 Å². The first-order valence-corrected chi connectivity index (χ1v) is 10.0. The van der Waals surface area contributed by atoms with Gasteiger partial charge in [-0.15, -0.1) is 0 Å². The average Bonchev–Trinajstić information content (AvgIpc) is 2.64. The molecule has 0 unspecified atom stereocenters. The van der Waals surface area contributed by atoms with Crippen LogP contribution in [-0.4, -0.2) is 43.4 Å². The van der Waals surface area contributed by atoms with Gasteiger partial charge in [0.25, 0.3) is 0 Å². The van der Waals surface area contributed by atoms with E-state index in [0.29, 0.717) is 17.5 Å². The second-order valence-electron chi connectivity index (χ2n) is 8.79. The summed E-state index contributed by atoms with van der Waals surface area (Å²) < 4.78 is 0. The molecule has 4 N–H and O–H groups in total. The third-order valence-corrected chi connectivity index (χ3v) is 6.70. The lowest BCUT2D eigenvalue weighted by Gasteiger charge is -2.46. The summed E-state index contributed by atoms with van der Waals surface area (Å²) in [6.45, 7) is 4.87. The second-order valence-corrected chi connectivity index (χ2v) is 8.79. The monoisotopic (exact) mass is 412 g/mol. The molecule has 1 aromatic rings. The van der Waals surface area contributed by atoms with E-state index in [0.717, 1.165) is 6.92 Å². The average molecular weight is 412 g/mol. The van der Waals surface area contributed by atoms with Gasteiger partial charge in [-0.25, -0.2) is 0 Å². The zero-order valence-corrected chi connectivity index (χ0v) is 17.0. The first-order valence-electron chi connectivity index (χ1n) is 10.0. The van der Waals surface area contributed by atoms with Gasteiger partial charge in [0.15, 0.2) is 17.2 Å². The Morgan fingerprint density at radius 1 is 1.13 bits per heavy atom. The van der Waals surface area contributed by atoms with Crippen molar-refractivity contribution in [1.82, 2.24) is 0 Å². The van der Waals surface area contributed by atoms with Crippen LogP contribution in [0.5, 0.6) is 5.75 Å². The molecule has 0 bridgehead atoms. The summed E-state index contributed by atoms with van der Waals surface area (Å²) in [4.78, 5) is 37.6. The topological polar surface area (TPSA) is 132 Å². The van der Waals surface area contributed by atoms with Gasteiger partial charge >= 0.3 is 0 Å². The Morgan fingerprint density at radius 3 is 2.40 bits per heavy atom. The third-order valence-electron chi connectivity index (χ3n) is 6.70. The number of aromatic hydroxyl groups is 1. The third kappa shape index (κ3) is 2.51. The molecule has 1 saturated carbocycles. The van der Waals surface area contributed by atoms with Crippen molar-refractivity contribution in [3.63, 3.8) is 0 Å². The number of Topliss-reactive ketones (excluding diaryl/α,β-unsaturated/α-hetero) is 3. The molecule has 3 aliphatic rings. The Balaban J connectivity index is 1.93. The summed E-state index contributed by atoms with van der Waals surface area (Å²) in [5.41, 5.74) is -1.65. The number of aliphatic hydroxyl groups is 3. The molecule has 7 nitrogen and oxygen atoms in total. The molecule has 0 aliphatic heterocycles. The number of allylic oxidation sites excluding steroid dienone is 1. The fourth-order valence-corrected chi connectivity index (χ4v) is 5.19. The highest BCUT2D eigenvalue weighted by atomic mass is 16.3. The van der Waals surface area contributed by atoms with Crippen molar-refractivity contribution in [2.24, 2.45) is 11.8 Å². The summed E-state index contributed by atoms with van der Waals surface area (Å²) >= 11 is 0. The number of phenolic OH excluding ortho intramolecular Hbond substituents is 1. The number of fused-ring (bicyclic) bond motifs is 3. The molecule has 0 spiro atoms. The second kappa shape index (κ2) is 6.54. The number of benzene rings is 1. The van der Waals surface area contributed by atoms with Crippen molar-refractivity contribution in [2.45, 2.75) is 51.6 Å². The summed E-state index contributed by atoms with van der Waals surface area (Å²) in [5.74, 6) is -5.12. The smallest absolute Gasteiger partial charge is 0.202 e. The van der Waals surface area contributed by atoms with Crippen LogP contribution in [0.15, 0.2) is 29.0 Å². The maximum Gasteiger partial charge on any atom is 0.202 e. The number of aliphatic hydroxyl groups excluding tert-OH is 2. The van der Waals surface area contributed by atoms with Crippen molar-refractivity contribution >= 4 is 23.1 Å². The predicted octanol–water partition coefficient (Wildman–Crippen LogP) is 2.65. The van der Waals surface area contributed by atoms with Gasteiger partial charge in [0.1, 0.15) is 22.8 Å². The molecular weight excluding hydrogens is 388 g/mol. The maximum absolute atomic E-state index is 13.4. The minimum Gasteiger partial charge on any atom is -0.508 e. The van der Waals surface area contributed by atoms with Crippen LogP contribution in [0.4, 0.5) is 0 Å². The molecule has 30 heavy (non-hydrogen) atoms. The Kier molecular flexibility index (Phi) is 4.43. The SMILES string of the molecule is CC(=O)C1=C(O)[C@]2(O)C(=O)C3=C(O)c4c(ccc(C(C)C)c4O)C[C@@H]3C[C@@H]2CC1=O. The van der Waals surface area contributed by atoms with Gasteiger partial charge in [-0.3, -0.25) is 14.4 Å². The fourth-order valence-electron chi connectivity index (χ4n) is 5.19. The summed E-state index contributed by atoms with van der Waals surface area (Å²) in [6, 6.07) is 3.59. The molecule has 3 atom stereocenters. The zero-order valence-electron chi connectivity index (χ0n) is 17.0. The first-order chi connectivity index (χ1) is 14.0. The minimum absolute atomic E-state index is 0.0177. The molecule has 3 aliphatic carbocycles. The van der Waals surface area contributed by atoms with E-state index < -0.39 is 51.9 Å². The fraction of sp³-hybridized carbons (Fsp3) is 0.435. The Labute approximate surface area is 173 Å². The molecule has 0 saturated heterocycles. The van der Waals surface area contributed by atoms with Crippen molar-refractivity contribution in [3.05, 3.63) is 45.7 Å². The quantitative estimate of drug-likeness (QED) is 0.549. The van der Waals surface area contributed by atoms with Gasteiger partial charge < -0.3 is 20.4 Å². The molecule has 0 radical (unpaired) electrons. The highest BCUT2D eigenvalue weighted by molar-refractivity contribution is 6.23. The molecule has 0 heterocycles. The van der Waals surface area contributed by atoms with E-state index in [9.17, 15) is 34.8 Å². The molecule has 158 valence electrons. The predicted molar refractivity (Wildman–Crippen MR) is 107 cm³/mol. The van der Waals surface area contributed by atoms with Gasteiger partial charge in [-0.05, 0) is 42.7 Å². The van der Waals surface area contributed by atoms with Crippen molar-refractivity contribution in [1.29, 1.82) is 0 Å². The van der Waals surface area contributed by atoms with Gasteiger partial charge in [0, 0.05) is 17.9 Å². The van der Waals surface area contributed by atoms with Crippen LogP contribution in [0.3, 0.4) is 0 Å². The highest BCUT2D eigenvalue weighted by Crippen LogP contribution is 2.52. The summed E-state index contributed by atoms with van der Waals surface area (Å²) in [7, 11) is 0. The molecule has 1 fully saturated rings. The van der Waals surface area contributed by atoms with E-state index in [1.807, 2.05) is 13.8 Å². The summed E-state index contributed by atoms with van der Waals surface area (Å²) in [6.07, 6.45) is 0.280. The number of ketones is 3. The van der Waals surface area contributed by atoms with Gasteiger partial charge in [0.05, 0.1) is 5.56 Å². The Hall–Kier alpha value is -2.93. The van der Waals surface area contributed by atoms with Crippen LogP contribution in [0.2, 0.25) is 0 Å². The van der Waals surface area contributed by atoms with E-state index >= 15 is 0 Å². The van der Waals surface area contributed by atoms with Crippen LogP contribution >= 0.6 is 0 Å². The number of hydrogen-bond donors (Lipinski definition) is 4. The van der Waals surface area contributed by atoms with Crippen LogP contribution in [0.25, 0.3) is 5.76 Å². The van der Waals surface area contributed by atoms with Gasteiger partial charge in [-0.2, -0.15) is 0 Å². The maximum atomic E-state index is 13.4. The van der Waals surface area contributed by atoms with Crippen LogP contribution in [0, 0.1) is 11.8 Å². The van der Waals surface area contributed by atoms with Crippen LogP contribution in [-0.2, 0) is 20.8 Å². The number of rotatable bonds is 2. The van der Waals surface area contributed by atoms with Crippen LogP contribution < -0.4 is 0 Å². The largest absolute Gasteiger partial charge is 0.508 e. The first kappa shape index (κ1) is 20.3. The Bertz CT molecular complexity index is 1080. The van der Waals surface area contributed by atoms with Gasteiger partial charge in [-0.1, -0.05) is 26.0 Å². The van der Waals surface area contributed by atoms with Crippen molar-refractivity contribution < 1.29 is 34.8 Å². The van der Waals surface area contributed by atoms with E-state index in [4.69, 9.17) is 0 Å². The lowest BCUT2D eigenvalue weighted by molar-refractivity contribution is -0.147. The molecular formula is C23H24O7. The molecule has 0 amide bonds. The molecule has 7 heteroatoms. The number of hydrogen-bond acceptors (Lipinski definition) is 7. The molecule has 4 rings (SSSR count). The molecule has 1 aromatic carbocycles. The standard InChI is InChI=1S/C23H24O7/c1-9(2)14-5-4-11-6-12-7-13-8-15(25)16(10(3)24)21(28)23(13,30)22(29)18(12)20(27)17(11)19(14)26/h4-5,9,12-13,26-28,30H,6-8H2,1-3H3/t12-,13-,23+/m1/s1. The minimum atomic E-state index is -2.45. The molecule has 0 aromatic heterocycles. The van der Waals surface area contributed by atoms with E-state index in [-0.39, 0.29) is 35.6 Å². The van der Waals surface area contributed by atoms with E-state index in [2.05, 4.69) is 0 Å². The van der Waals surface area contributed by atoms with Gasteiger partial charge in [0.2, 0.25) is 5.78 Å². The zero-order chi connectivity index (χ0) is 22.1. The highest BCUT2D eigenvalue weighted by Gasteiger charge is 2.60.